The first kappa shape index (κ1) is 21.6. The number of hydrogen-bond donors (Lipinski definition) is 2. The number of nitrogens with zero attached hydrogens (tertiary/aromatic N) is 1. The molecule has 158 valence electrons. The minimum atomic E-state index is -0.433. The van der Waals surface area contributed by atoms with E-state index in [1.54, 1.807) is 29.2 Å². The fourth-order valence-electron chi connectivity index (χ4n) is 3.51. The third kappa shape index (κ3) is 5.06. The van der Waals surface area contributed by atoms with E-state index < -0.39 is 5.92 Å². The molecule has 1 saturated heterocycles. The van der Waals surface area contributed by atoms with E-state index in [9.17, 15) is 14.4 Å². The highest BCUT2D eigenvalue weighted by Crippen LogP contribution is 2.28. The van der Waals surface area contributed by atoms with Crippen molar-refractivity contribution in [2.24, 2.45) is 5.92 Å². The van der Waals surface area contributed by atoms with Gasteiger partial charge in [-0.05, 0) is 48.2 Å². The summed E-state index contributed by atoms with van der Waals surface area (Å²) in [6.45, 7) is 7.16. The van der Waals surface area contributed by atoms with Gasteiger partial charge in [0.1, 0.15) is 0 Å². The van der Waals surface area contributed by atoms with Crippen molar-refractivity contribution < 1.29 is 14.4 Å². The third-order valence-electron chi connectivity index (χ3n) is 5.27. The minimum Gasteiger partial charge on any atom is -0.352 e. The average Bonchev–Trinajstić information content (AvgIpc) is 3.14. The Morgan fingerprint density at radius 3 is 2.63 bits per heavy atom. The first-order valence-corrected chi connectivity index (χ1v) is 10.5. The predicted octanol–water partition coefficient (Wildman–Crippen LogP) is 3.94. The van der Waals surface area contributed by atoms with Gasteiger partial charge >= 0.3 is 0 Å². The van der Waals surface area contributed by atoms with Gasteiger partial charge in [-0.25, -0.2) is 0 Å². The Bertz CT molecular complexity index is 939. The van der Waals surface area contributed by atoms with Gasteiger partial charge in [0, 0.05) is 36.4 Å². The zero-order valence-corrected chi connectivity index (χ0v) is 17.8. The van der Waals surface area contributed by atoms with Crippen molar-refractivity contribution in [3.05, 3.63) is 59.7 Å². The number of nitrogens with one attached hydrogen (secondary N) is 2. The fraction of sp³-hybridized carbons (Fsp3) is 0.375. The summed E-state index contributed by atoms with van der Waals surface area (Å²) in [5, 5.41) is 5.68. The lowest BCUT2D eigenvalue weighted by Gasteiger charge is -2.18. The van der Waals surface area contributed by atoms with Crippen LogP contribution in [0, 0.1) is 5.92 Å². The number of carbonyl (C=O) groups excluding carboxylic acids is 3. The number of anilines is 2. The maximum absolute atomic E-state index is 12.8. The van der Waals surface area contributed by atoms with Gasteiger partial charge in [-0.15, -0.1) is 0 Å². The Hall–Kier alpha value is -3.15. The van der Waals surface area contributed by atoms with Crippen molar-refractivity contribution in [1.82, 2.24) is 5.32 Å². The second-order valence-electron chi connectivity index (χ2n) is 7.98. The van der Waals surface area contributed by atoms with Crippen LogP contribution < -0.4 is 15.5 Å². The molecule has 1 fully saturated rings. The Kier molecular flexibility index (Phi) is 6.87. The number of hydrogen-bond acceptors (Lipinski definition) is 3. The van der Waals surface area contributed by atoms with E-state index in [4.69, 9.17) is 0 Å². The van der Waals surface area contributed by atoms with Crippen molar-refractivity contribution in [3.63, 3.8) is 0 Å². The number of carbonyl (C=O) groups is 3. The Labute approximate surface area is 177 Å². The van der Waals surface area contributed by atoms with Gasteiger partial charge in [-0.1, -0.05) is 39.0 Å². The van der Waals surface area contributed by atoms with Crippen LogP contribution in [-0.2, 0) is 9.59 Å². The summed E-state index contributed by atoms with van der Waals surface area (Å²) >= 11 is 0. The van der Waals surface area contributed by atoms with Gasteiger partial charge in [0.2, 0.25) is 11.8 Å². The molecule has 30 heavy (non-hydrogen) atoms. The summed E-state index contributed by atoms with van der Waals surface area (Å²) < 4.78 is 0. The molecule has 0 aliphatic carbocycles. The van der Waals surface area contributed by atoms with Crippen LogP contribution >= 0.6 is 0 Å². The molecule has 1 atom stereocenters. The molecule has 1 aliphatic rings. The smallest absolute Gasteiger partial charge is 0.251 e. The highest BCUT2D eigenvalue weighted by molar-refractivity contribution is 6.04. The highest BCUT2D eigenvalue weighted by Gasteiger charge is 2.35. The van der Waals surface area contributed by atoms with Crippen molar-refractivity contribution in [1.29, 1.82) is 0 Å². The van der Waals surface area contributed by atoms with Gasteiger partial charge in [0.05, 0.1) is 5.92 Å². The van der Waals surface area contributed by atoms with Crippen molar-refractivity contribution in [3.8, 4) is 0 Å². The Morgan fingerprint density at radius 1 is 1.13 bits per heavy atom. The lowest BCUT2D eigenvalue weighted by molar-refractivity contribution is -0.122. The maximum atomic E-state index is 12.8. The molecule has 0 radical (unpaired) electrons. The zero-order chi connectivity index (χ0) is 21.7. The summed E-state index contributed by atoms with van der Waals surface area (Å²) in [6.07, 6.45) is 1.03. The highest BCUT2D eigenvalue weighted by atomic mass is 16.2. The van der Waals surface area contributed by atoms with Crippen LogP contribution in [0.5, 0.6) is 0 Å². The number of benzene rings is 2. The summed E-state index contributed by atoms with van der Waals surface area (Å²) in [7, 11) is 0. The van der Waals surface area contributed by atoms with Crippen molar-refractivity contribution >= 4 is 29.1 Å². The average molecular weight is 408 g/mol. The second-order valence-corrected chi connectivity index (χ2v) is 7.98. The van der Waals surface area contributed by atoms with Crippen LogP contribution in [0.2, 0.25) is 0 Å². The molecule has 3 amide bonds. The Morgan fingerprint density at radius 2 is 1.90 bits per heavy atom. The normalized spacial score (nSPS) is 16.1. The molecule has 6 nitrogen and oxygen atoms in total. The maximum Gasteiger partial charge on any atom is 0.251 e. The van der Waals surface area contributed by atoms with Gasteiger partial charge < -0.3 is 15.5 Å². The lowest BCUT2D eigenvalue weighted by atomic mass is 10.0. The van der Waals surface area contributed by atoms with Gasteiger partial charge in [-0.3, -0.25) is 14.4 Å². The molecule has 0 bridgehead atoms. The van der Waals surface area contributed by atoms with Crippen LogP contribution in [0.1, 0.15) is 55.5 Å². The molecule has 2 aromatic carbocycles. The molecule has 1 aliphatic heterocycles. The topological polar surface area (TPSA) is 78.5 Å². The standard InChI is InChI=1S/C24H29N3O3/c1-4-11-25-23(29)18-8-5-9-20(12-18)26-24(30)19-14-22(28)27(15-19)21-10-6-7-17(13-21)16(2)3/h5-10,12-13,16,19H,4,11,14-15H2,1-3H3,(H,25,29)(H,26,30). The van der Waals surface area contributed by atoms with Crippen LogP contribution in [0.3, 0.4) is 0 Å². The van der Waals surface area contributed by atoms with E-state index in [1.165, 1.54) is 0 Å². The lowest BCUT2D eigenvalue weighted by Crippen LogP contribution is -2.28. The first-order chi connectivity index (χ1) is 14.4. The van der Waals surface area contributed by atoms with E-state index in [1.807, 2.05) is 31.2 Å². The molecule has 3 rings (SSSR count). The molecule has 0 saturated carbocycles. The van der Waals surface area contributed by atoms with Gasteiger partial charge in [0.15, 0.2) is 0 Å². The molecule has 0 spiro atoms. The summed E-state index contributed by atoms with van der Waals surface area (Å²) in [6, 6.07) is 14.8. The summed E-state index contributed by atoms with van der Waals surface area (Å²) in [4.78, 5) is 39.2. The second kappa shape index (κ2) is 9.57. The van der Waals surface area contributed by atoms with E-state index in [0.717, 1.165) is 17.7 Å². The molecule has 2 aromatic rings. The molecule has 0 aromatic heterocycles. The Balaban J connectivity index is 1.67. The van der Waals surface area contributed by atoms with Gasteiger partial charge in [-0.2, -0.15) is 0 Å². The SMILES string of the molecule is CCCNC(=O)c1cccc(NC(=O)C2CC(=O)N(c3cccc(C(C)C)c3)C2)c1. The molecule has 2 N–H and O–H groups in total. The summed E-state index contributed by atoms with van der Waals surface area (Å²) in [5.41, 5.74) is 3.04. The fourth-order valence-corrected chi connectivity index (χ4v) is 3.51. The monoisotopic (exact) mass is 407 g/mol. The first-order valence-electron chi connectivity index (χ1n) is 10.5. The van der Waals surface area contributed by atoms with Crippen LogP contribution in [0.4, 0.5) is 11.4 Å². The van der Waals surface area contributed by atoms with E-state index >= 15 is 0 Å². The van der Waals surface area contributed by atoms with Crippen molar-refractivity contribution in [2.75, 3.05) is 23.3 Å². The molecular formula is C24H29N3O3. The van der Waals surface area contributed by atoms with Crippen LogP contribution in [0.15, 0.2) is 48.5 Å². The van der Waals surface area contributed by atoms with E-state index in [2.05, 4.69) is 24.5 Å². The molecule has 6 heteroatoms. The van der Waals surface area contributed by atoms with E-state index in [0.29, 0.717) is 30.3 Å². The van der Waals surface area contributed by atoms with Crippen molar-refractivity contribution in [2.45, 2.75) is 39.5 Å². The molecular weight excluding hydrogens is 378 g/mol. The largest absolute Gasteiger partial charge is 0.352 e. The zero-order valence-electron chi connectivity index (χ0n) is 17.8. The van der Waals surface area contributed by atoms with E-state index in [-0.39, 0.29) is 24.1 Å². The van der Waals surface area contributed by atoms with Gasteiger partial charge in [0.25, 0.3) is 5.91 Å². The molecule has 1 unspecified atom stereocenters. The third-order valence-corrected chi connectivity index (χ3v) is 5.27. The van der Waals surface area contributed by atoms with Crippen LogP contribution in [0.25, 0.3) is 0 Å². The number of rotatable bonds is 7. The summed E-state index contributed by atoms with van der Waals surface area (Å²) in [5.74, 6) is -0.498. The van der Waals surface area contributed by atoms with Crippen LogP contribution in [-0.4, -0.2) is 30.8 Å². The molecule has 1 heterocycles. The quantitative estimate of drug-likeness (QED) is 0.730. The predicted molar refractivity (Wildman–Crippen MR) is 119 cm³/mol. The minimum absolute atomic E-state index is 0.0521. The number of amides is 3.